The van der Waals surface area contributed by atoms with Gasteiger partial charge in [0, 0.05) is 35.9 Å². The van der Waals surface area contributed by atoms with E-state index in [1.54, 1.807) is 0 Å². The molecule has 0 radical (unpaired) electrons. The maximum absolute atomic E-state index is 12.7. The van der Waals surface area contributed by atoms with E-state index in [0.717, 1.165) is 36.1 Å². The number of carbonyl (C=O) groups is 1. The van der Waals surface area contributed by atoms with Crippen LogP contribution in [-0.2, 0) is 12.6 Å². The van der Waals surface area contributed by atoms with Crippen molar-refractivity contribution in [1.82, 2.24) is 5.32 Å². The van der Waals surface area contributed by atoms with E-state index in [2.05, 4.69) is 5.32 Å². The fraction of sp³-hybridized carbons (Fsp3) is 0.286. The summed E-state index contributed by atoms with van der Waals surface area (Å²) in [4.78, 5) is 12.6. The van der Waals surface area contributed by atoms with Crippen molar-refractivity contribution in [1.29, 1.82) is 0 Å². The molecule has 146 valence electrons. The zero-order valence-corrected chi connectivity index (χ0v) is 14.9. The Bertz CT molecular complexity index is 933. The van der Waals surface area contributed by atoms with Gasteiger partial charge in [0.2, 0.25) is 0 Å². The number of halogens is 3. The second-order valence-electron chi connectivity index (χ2n) is 6.68. The molecule has 2 aliphatic heterocycles. The van der Waals surface area contributed by atoms with E-state index in [-0.39, 0.29) is 11.3 Å². The van der Waals surface area contributed by atoms with Crippen molar-refractivity contribution in [2.75, 3.05) is 19.8 Å². The first-order valence-corrected chi connectivity index (χ1v) is 9.02. The number of allylic oxidation sites excluding steroid dienone is 1. The predicted molar refractivity (Wildman–Crippen MR) is 97.5 cm³/mol. The minimum Gasteiger partial charge on any atom is -0.490 e. The third kappa shape index (κ3) is 3.69. The lowest BCUT2D eigenvalue weighted by molar-refractivity contribution is -0.137. The van der Waals surface area contributed by atoms with Gasteiger partial charge in [-0.1, -0.05) is 12.1 Å². The Labute approximate surface area is 160 Å². The third-order valence-electron chi connectivity index (χ3n) is 4.75. The van der Waals surface area contributed by atoms with Gasteiger partial charge >= 0.3 is 6.18 Å². The quantitative estimate of drug-likeness (QED) is 0.617. The Morgan fingerprint density at radius 3 is 2.39 bits per heavy atom. The second-order valence-corrected chi connectivity index (χ2v) is 6.68. The van der Waals surface area contributed by atoms with Gasteiger partial charge in [0.15, 0.2) is 17.3 Å². The Morgan fingerprint density at radius 2 is 1.71 bits per heavy atom. The average Bonchev–Trinajstić information content (AvgIpc) is 2.91. The van der Waals surface area contributed by atoms with Crippen LogP contribution in [0.2, 0.25) is 0 Å². The lowest BCUT2D eigenvalue weighted by atomic mass is 9.95. The number of ether oxygens (including phenoxy) is 2. The molecule has 0 aliphatic carbocycles. The van der Waals surface area contributed by atoms with Gasteiger partial charge in [0.25, 0.3) is 0 Å². The van der Waals surface area contributed by atoms with Crippen LogP contribution in [0, 0.1) is 0 Å². The van der Waals surface area contributed by atoms with Crippen LogP contribution in [0.5, 0.6) is 11.5 Å². The van der Waals surface area contributed by atoms with Crippen molar-refractivity contribution in [3.05, 3.63) is 64.7 Å². The van der Waals surface area contributed by atoms with Crippen molar-refractivity contribution < 1.29 is 27.4 Å². The van der Waals surface area contributed by atoms with Gasteiger partial charge in [-0.15, -0.1) is 0 Å². The smallest absolute Gasteiger partial charge is 0.416 e. The van der Waals surface area contributed by atoms with E-state index in [9.17, 15) is 18.0 Å². The van der Waals surface area contributed by atoms with Crippen molar-refractivity contribution in [3.8, 4) is 11.5 Å². The summed E-state index contributed by atoms with van der Waals surface area (Å²) in [5, 5.41) is 3.20. The monoisotopic (exact) mass is 389 g/mol. The fourth-order valence-corrected chi connectivity index (χ4v) is 3.30. The average molecular weight is 389 g/mol. The van der Waals surface area contributed by atoms with Crippen molar-refractivity contribution >= 4 is 11.5 Å². The number of alkyl halides is 3. The predicted octanol–water partition coefficient (Wildman–Crippen LogP) is 4.24. The van der Waals surface area contributed by atoms with Crippen LogP contribution >= 0.6 is 0 Å². The first kappa shape index (κ1) is 18.4. The molecule has 4 nitrogen and oxygen atoms in total. The Kier molecular flexibility index (Phi) is 4.75. The van der Waals surface area contributed by atoms with Crippen LogP contribution in [0.4, 0.5) is 13.2 Å². The minimum absolute atomic E-state index is 0.198. The molecule has 0 amide bonds. The summed E-state index contributed by atoms with van der Waals surface area (Å²) < 4.78 is 49.5. The van der Waals surface area contributed by atoms with Crippen molar-refractivity contribution in [2.45, 2.75) is 19.0 Å². The molecule has 2 aromatic carbocycles. The summed E-state index contributed by atoms with van der Waals surface area (Å²) in [6.45, 7) is 1.81. The zero-order chi connectivity index (χ0) is 19.7. The minimum atomic E-state index is -4.43. The maximum Gasteiger partial charge on any atom is 0.416 e. The molecule has 0 aromatic heterocycles. The van der Waals surface area contributed by atoms with Gasteiger partial charge in [-0.3, -0.25) is 4.79 Å². The van der Waals surface area contributed by atoms with Crippen LogP contribution in [0.1, 0.15) is 33.5 Å². The number of hydrogen-bond donors (Lipinski definition) is 1. The fourth-order valence-electron chi connectivity index (χ4n) is 3.30. The molecule has 4 rings (SSSR count). The highest BCUT2D eigenvalue weighted by Gasteiger charge is 2.30. The van der Waals surface area contributed by atoms with Gasteiger partial charge in [-0.05, 0) is 36.2 Å². The number of nitrogens with one attached hydrogen (secondary N) is 1. The largest absolute Gasteiger partial charge is 0.490 e. The van der Waals surface area contributed by atoms with Gasteiger partial charge in [-0.25, -0.2) is 0 Å². The lowest BCUT2D eigenvalue weighted by Gasteiger charge is -2.23. The summed E-state index contributed by atoms with van der Waals surface area (Å²) in [5.41, 5.74) is 1.92. The summed E-state index contributed by atoms with van der Waals surface area (Å²) in [7, 11) is 0. The van der Waals surface area contributed by atoms with Crippen molar-refractivity contribution in [3.63, 3.8) is 0 Å². The summed E-state index contributed by atoms with van der Waals surface area (Å²) in [5.74, 6) is 0.968. The van der Waals surface area contributed by atoms with Crippen molar-refractivity contribution in [2.24, 2.45) is 0 Å². The van der Waals surface area contributed by atoms with Crippen LogP contribution in [0.15, 0.2) is 42.5 Å². The molecule has 1 N–H and O–H groups in total. The molecule has 0 spiro atoms. The molecule has 0 fully saturated rings. The van der Waals surface area contributed by atoms with E-state index in [1.807, 2.05) is 12.1 Å². The molecule has 0 saturated carbocycles. The summed E-state index contributed by atoms with van der Waals surface area (Å²) in [6.07, 6.45) is -1.43. The Morgan fingerprint density at radius 1 is 1.04 bits per heavy atom. The first-order chi connectivity index (χ1) is 13.4. The molecule has 0 unspecified atom stereocenters. The van der Waals surface area contributed by atoms with E-state index in [0.29, 0.717) is 37.0 Å². The molecule has 2 aromatic rings. The van der Waals surface area contributed by atoms with Gasteiger partial charge in [0.1, 0.15) is 0 Å². The lowest BCUT2D eigenvalue weighted by Crippen LogP contribution is -2.23. The van der Waals surface area contributed by atoms with Gasteiger partial charge in [-0.2, -0.15) is 13.2 Å². The first-order valence-electron chi connectivity index (χ1n) is 9.02. The van der Waals surface area contributed by atoms with Crippen LogP contribution in [0.3, 0.4) is 0 Å². The van der Waals surface area contributed by atoms with E-state index in [1.165, 1.54) is 18.2 Å². The molecule has 2 heterocycles. The van der Waals surface area contributed by atoms with Gasteiger partial charge in [0.05, 0.1) is 18.8 Å². The van der Waals surface area contributed by atoms with E-state index >= 15 is 0 Å². The van der Waals surface area contributed by atoms with E-state index in [4.69, 9.17) is 9.47 Å². The maximum atomic E-state index is 12.7. The normalized spacial score (nSPS) is 17.5. The SMILES string of the molecule is O=C(C=C1NCCc2cc3c(cc21)OCCCO3)c1ccc(C(F)(F)F)cc1. The highest BCUT2D eigenvalue weighted by Crippen LogP contribution is 2.36. The Hall–Kier alpha value is -2.96. The number of ketones is 1. The summed E-state index contributed by atoms with van der Waals surface area (Å²) in [6, 6.07) is 8.01. The zero-order valence-electron chi connectivity index (χ0n) is 14.9. The highest BCUT2D eigenvalue weighted by molar-refractivity contribution is 6.08. The second kappa shape index (κ2) is 7.22. The number of carbonyl (C=O) groups excluding carboxylic acids is 1. The topological polar surface area (TPSA) is 47.6 Å². The summed E-state index contributed by atoms with van der Waals surface area (Å²) >= 11 is 0. The molecule has 0 saturated heterocycles. The Balaban J connectivity index is 1.64. The standard InChI is InChI=1S/C21H18F3NO3/c22-21(23,24)15-4-2-13(3-5-15)18(26)12-17-16-11-20-19(27-8-1-9-28-20)10-14(16)6-7-25-17/h2-5,10-12,25H,1,6-9H2. The molecule has 28 heavy (non-hydrogen) atoms. The van der Waals surface area contributed by atoms with Crippen LogP contribution in [0.25, 0.3) is 5.70 Å². The molecule has 0 atom stereocenters. The molecular weight excluding hydrogens is 371 g/mol. The molecule has 0 bridgehead atoms. The third-order valence-corrected chi connectivity index (χ3v) is 4.75. The number of rotatable bonds is 2. The number of hydrogen-bond acceptors (Lipinski definition) is 4. The number of fused-ring (bicyclic) bond motifs is 2. The molecule has 2 aliphatic rings. The molecule has 7 heteroatoms. The van der Waals surface area contributed by atoms with Gasteiger partial charge < -0.3 is 14.8 Å². The number of benzene rings is 2. The van der Waals surface area contributed by atoms with E-state index < -0.39 is 11.7 Å². The highest BCUT2D eigenvalue weighted by atomic mass is 19.4. The molecular formula is C21H18F3NO3. The van der Waals surface area contributed by atoms with Crippen LogP contribution < -0.4 is 14.8 Å². The van der Waals surface area contributed by atoms with Crippen LogP contribution in [-0.4, -0.2) is 25.5 Å².